The quantitative estimate of drug-likeness (QED) is 0.681. The molecule has 0 unspecified atom stereocenters. The molecule has 2 heteroatoms. The molecule has 3 saturated carbocycles. The van der Waals surface area contributed by atoms with E-state index in [-0.39, 0.29) is 34.4 Å². The topological polar surface area (TPSA) is 40.5 Å². The van der Waals surface area contributed by atoms with Gasteiger partial charge in [0.15, 0.2) is 0 Å². The van der Waals surface area contributed by atoms with E-state index in [1.165, 1.54) is 6.42 Å². The Morgan fingerprint density at radius 2 is 1.47 bits per heavy atom. The third-order valence-electron chi connectivity index (χ3n) is 7.18. The number of aliphatic hydroxyl groups is 2. The second kappa shape index (κ2) is 3.08. The van der Waals surface area contributed by atoms with Crippen LogP contribution in [0, 0.1) is 28.1 Å². The van der Waals surface area contributed by atoms with E-state index < -0.39 is 0 Å². The van der Waals surface area contributed by atoms with Gasteiger partial charge in [-0.1, -0.05) is 27.7 Å². The van der Waals surface area contributed by atoms with E-state index in [0.29, 0.717) is 5.92 Å². The highest BCUT2D eigenvalue weighted by molar-refractivity contribution is 5.20. The molecule has 3 aliphatic carbocycles. The monoisotopic (exact) mass is 238 g/mol. The fourth-order valence-corrected chi connectivity index (χ4v) is 5.59. The molecule has 2 N–H and O–H groups in total. The maximum atomic E-state index is 10.8. The zero-order chi connectivity index (χ0) is 12.6. The summed E-state index contributed by atoms with van der Waals surface area (Å²) >= 11 is 0. The first-order valence-corrected chi connectivity index (χ1v) is 7.11. The van der Waals surface area contributed by atoms with Crippen molar-refractivity contribution in [3.63, 3.8) is 0 Å². The van der Waals surface area contributed by atoms with Crippen molar-refractivity contribution in [2.75, 3.05) is 0 Å². The third kappa shape index (κ3) is 1.10. The van der Waals surface area contributed by atoms with Gasteiger partial charge in [-0.05, 0) is 53.8 Å². The van der Waals surface area contributed by atoms with Crippen LogP contribution < -0.4 is 0 Å². The minimum absolute atomic E-state index is 0.0831. The zero-order valence-corrected chi connectivity index (χ0v) is 11.5. The summed E-state index contributed by atoms with van der Waals surface area (Å²) in [6.45, 7) is 8.95. The summed E-state index contributed by atoms with van der Waals surface area (Å²) in [4.78, 5) is 0. The number of hydrogen-bond acceptors (Lipinski definition) is 2. The van der Waals surface area contributed by atoms with Crippen molar-refractivity contribution in [2.24, 2.45) is 28.1 Å². The third-order valence-corrected chi connectivity index (χ3v) is 7.18. The lowest BCUT2D eigenvalue weighted by Gasteiger charge is -2.46. The van der Waals surface area contributed by atoms with Crippen LogP contribution in [0.2, 0.25) is 0 Å². The Morgan fingerprint density at radius 1 is 0.882 bits per heavy atom. The summed E-state index contributed by atoms with van der Waals surface area (Å²) in [5.74, 6) is 0.887. The van der Waals surface area contributed by atoms with Gasteiger partial charge in [-0.15, -0.1) is 0 Å². The highest BCUT2D eigenvalue weighted by atomic mass is 16.3. The van der Waals surface area contributed by atoms with Crippen LogP contribution in [0.25, 0.3) is 0 Å². The lowest BCUT2D eigenvalue weighted by Crippen LogP contribution is -2.48. The summed E-state index contributed by atoms with van der Waals surface area (Å²) in [6, 6.07) is 0. The van der Waals surface area contributed by atoms with Crippen molar-refractivity contribution in [2.45, 2.75) is 65.6 Å². The minimum atomic E-state index is -0.255. The molecule has 3 fully saturated rings. The lowest BCUT2D eigenvalue weighted by atomic mass is 9.62. The van der Waals surface area contributed by atoms with Crippen molar-refractivity contribution >= 4 is 0 Å². The van der Waals surface area contributed by atoms with Gasteiger partial charge < -0.3 is 10.2 Å². The molecule has 3 aliphatic rings. The van der Waals surface area contributed by atoms with Gasteiger partial charge in [0.1, 0.15) is 0 Å². The van der Waals surface area contributed by atoms with Gasteiger partial charge in [0.25, 0.3) is 0 Å². The van der Waals surface area contributed by atoms with Crippen LogP contribution in [-0.4, -0.2) is 22.4 Å². The molecular formula is C15H26O2. The highest BCUT2D eigenvalue weighted by Gasteiger charge is 2.71. The van der Waals surface area contributed by atoms with Gasteiger partial charge in [-0.25, -0.2) is 0 Å². The molecule has 0 saturated heterocycles. The average Bonchev–Trinajstić information content (AvgIpc) is 2.56. The minimum Gasteiger partial charge on any atom is -0.393 e. The average molecular weight is 238 g/mol. The molecule has 3 rings (SSSR count). The molecule has 0 heterocycles. The Hall–Kier alpha value is -0.0800. The first-order valence-electron chi connectivity index (χ1n) is 7.11. The van der Waals surface area contributed by atoms with Gasteiger partial charge in [0.2, 0.25) is 0 Å². The van der Waals surface area contributed by atoms with E-state index in [0.717, 1.165) is 19.3 Å². The van der Waals surface area contributed by atoms with Crippen LogP contribution in [0.15, 0.2) is 0 Å². The molecular weight excluding hydrogens is 212 g/mol. The molecule has 0 amide bonds. The molecule has 0 spiro atoms. The Balaban J connectivity index is 2.13. The van der Waals surface area contributed by atoms with Gasteiger partial charge in [0.05, 0.1) is 12.2 Å². The van der Waals surface area contributed by atoms with Crippen molar-refractivity contribution in [1.29, 1.82) is 0 Å². The molecule has 0 aromatic rings. The van der Waals surface area contributed by atoms with Crippen molar-refractivity contribution in [3.05, 3.63) is 0 Å². The fraction of sp³-hybridized carbons (Fsp3) is 1.00. The van der Waals surface area contributed by atoms with E-state index in [4.69, 9.17) is 0 Å². The molecule has 98 valence electrons. The van der Waals surface area contributed by atoms with Gasteiger partial charge in [0, 0.05) is 0 Å². The number of hydrogen-bond donors (Lipinski definition) is 2. The van der Waals surface area contributed by atoms with Crippen LogP contribution in [0.5, 0.6) is 0 Å². The highest BCUT2D eigenvalue weighted by Crippen LogP contribution is 2.74. The molecule has 6 atom stereocenters. The maximum Gasteiger partial charge on any atom is 0.0636 e. The Bertz CT molecular complexity index is 351. The summed E-state index contributed by atoms with van der Waals surface area (Å²) in [7, 11) is 0. The fourth-order valence-electron chi connectivity index (χ4n) is 5.59. The van der Waals surface area contributed by atoms with E-state index in [2.05, 4.69) is 27.7 Å². The predicted molar refractivity (Wildman–Crippen MR) is 67.5 cm³/mol. The SMILES string of the molecule is CC1(C)[C@@H]2[C@@H](O)[C@@]3(C)CC[C@@H]2[C@@]3(C)CC[C@H]1O. The molecule has 0 radical (unpaired) electrons. The first kappa shape index (κ1) is 12.0. The molecule has 4 bridgehead atoms. The van der Waals surface area contributed by atoms with Crippen LogP contribution in [0.1, 0.15) is 53.4 Å². The van der Waals surface area contributed by atoms with Crippen molar-refractivity contribution in [3.8, 4) is 0 Å². The second-order valence-corrected chi connectivity index (χ2v) is 7.83. The molecule has 0 aliphatic heterocycles. The van der Waals surface area contributed by atoms with Gasteiger partial charge in [-0.2, -0.15) is 0 Å². The maximum absolute atomic E-state index is 10.8. The molecule has 0 aromatic heterocycles. The lowest BCUT2D eigenvalue weighted by molar-refractivity contribution is -0.0989. The zero-order valence-electron chi connectivity index (χ0n) is 11.5. The van der Waals surface area contributed by atoms with E-state index in [9.17, 15) is 10.2 Å². The van der Waals surface area contributed by atoms with E-state index in [1.54, 1.807) is 0 Å². The van der Waals surface area contributed by atoms with Gasteiger partial charge >= 0.3 is 0 Å². The van der Waals surface area contributed by atoms with Crippen LogP contribution in [0.4, 0.5) is 0 Å². The van der Waals surface area contributed by atoms with E-state index >= 15 is 0 Å². The van der Waals surface area contributed by atoms with Crippen molar-refractivity contribution < 1.29 is 10.2 Å². The summed E-state index contributed by atoms with van der Waals surface area (Å²) in [5, 5.41) is 21.2. The summed E-state index contributed by atoms with van der Waals surface area (Å²) < 4.78 is 0. The number of rotatable bonds is 0. The Kier molecular flexibility index (Phi) is 2.17. The first-order chi connectivity index (χ1) is 7.75. The molecule has 17 heavy (non-hydrogen) atoms. The van der Waals surface area contributed by atoms with Crippen LogP contribution in [-0.2, 0) is 0 Å². The largest absolute Gasteiger partial charge is 0.393 e. The van der Waals surface area contributed by atoms with E-state index in [1.807, 2.05) is 0 Å². The van der Waals surface area contributed by atoms with Gasteiger partial charge in [-0.3, -0.25) is 0 Å². The normalized spacial score (nSPS) is 60.4. The summed E-state index contributed by atoms with van der Waals surface area (Å²) in [5.41, 5.74) is 0.186. The summed E-state index contributed by atoms with van der Waals surface area (Å²) in [6.07, 6.45) is 3.90. The van der Waals surface area contributed by atoms with Crippen LogP contribution >= 0.6 is 0 Å². The molecule has 0 aromatic carbocycles. The molecule has 2 nitrogen and oxygen atoms in total. The Labute approximate surface area is 104 Å². The Morgan fingerprint density at radius 3 is 2.12 bits per heavy atom. The second-order valence-electron chi connectivity index (χ2n) is 7.83. The van der Waals surface area contributed by atoms with Crippen molar-refractivity contribution in [1.82, 2.24) is 0 Å². The smallest absolute Gasteiger partial charge is 0.0636 e. The van der Waals surface area contributed by atoms with Crippen LogP contribution in [0.3, 0.4) is 0 Å². The standard InChI is InChI=1S/C15H26O2/c1-13(2)10(16)6-8-14(3)9-5-7-15(14,4)12(17)11(9)13/h9-12,16-17H,5-8H2,1-4H3/t9-,10+,11-,12+,14+,15+/m0/s1. The predicted octanol–water partition coefficient (Wildman–Crippen LogP) is 2.58. The number of aliphatic hydroxyl groups excluding tert-OH is 2.